The molecule has 1 rings (SSSR count). The van der Waals surface area contributed by atoms with Gasteiger partial charge >= 0.3 is 0 Å². The lowest BCUT2D eigenvalue weighted by atomic mass is 10.1. The molecule has 0 atom stereocenters. The smallest absolute Gasteiger partial charge is 0.234 e. The number of ether oxygens (including phenoxy) is 1. The summed E-state index contributed by atoms with van der Waals surface area (Å²) >= 11 is 0. The highest BCUT2D eigenvalue weighted by atomic mass is 16.5. The van der Waals surface area contributed by atoms with Gasteiger partial charge in [0, 0.05) is 13.1 Å². The van der Waals surface area contributed by atoms with Gasteiger partial charge < -0.3 is 15.2 Å². The molecule has 2 N–H and O–H groups in total. The normalized spacial score (nSPS) is 11.5. The van der Waals surface area contributed by atoms with E-state index in [4.69, 9.17) is 4.74 Å². The van der Waals surface area contributed by atoms with E-state index in [1.165, 1.54) is 0 Å². The monoisotopic (exact) mass is 294 g/mol. The van der Waals surface area contributed by atoms with E-state index in [-0.39, 0.29) is 12.5 Å². The summed E-state index contributed by atoms with van der Waals surface area (Å²) in [4.78, 5) is 13.7. The number of carbonyl (C=O) groups excluding carboxylic acids is 1. The summed E-state index contributed by atoms with van der Waals surface area (Å²) in [5.74, 6) is 0.743. The molecule has 0 aliphatic carbocycles. The topological polar surface area (TPSA) is 61.8 Å². The summed E-state index contributed by atoms with van der Waals surface area (Å²) in [5.41, 5.74) is 0.195. The van der Waals surface area contributed by atoms with Crippen LogP contribution in [0.2, 0.25) is 0 Å². The van der Waals surface area contributed by atoms with Crippen molar-refractivity contribution in [2.24, 2.45) is 0 Å². The minimum Gasteiger partial charge on any atom is -0.494 e. The van der Waals surface area contributed by atoms with E-state index in [1.807, 2.05) is 38.2 Å². The molecule has 1 aromatic rings. The number of nitrogens with one attached hydrogen (secondary N) is 1. The molecule has 1 aromatic carbocycles. The van der Waals surface area contributed by atoms with Crippen molar-refractivity contribution in [3.63, 3.8) is 0 Å². The lowest BCUT2D eigenvalue weighted by Gasteiger charge is -2.24. The second kappa shape index (κ2) is 8.00. The molecular formula is C16H26N2O3. The summed E-state index contributed by atoms with van der Waals surface area (Å²) < 4.78 is 5.42. The van der Waals surface area contributed by atoms with Gasteiger partial charge in [-0.3, -0.25) is 9.69 Å². The van der Waals surface area contributed by atoms with Crippen LogP contribution < -0.4 is 10.1 Å². The van der Waals surface area contributed by atoms with Crippen LogP contribution >= 0.6 is 0 Å². The molecule has 0 heterocycles. The Kier molecular flexibility index (Phi) is 6.65. The van der Waals surface area contributed by atoms with Gasteiger partial charge in [0.2, 0.25) is 5.91 Å². The molecule has 0 radical (unpaired) electrons. The highest BCUT2D eigenvalue weighted by molar-refractivity contribution is 5.77. The van der Waals surface area contributed by atoms with Gasteiger partial charge in [-0.05, 0) is 45.5 Å². The van der Waals surface area contributed by atoms with Crippen molar-refractivity contribution in [1.29, 1.82) is 0 Å². The van der Waals surface area contributed by atoms with Gasteiger partial charge in [0.15, 0.2) is 0 Å². The molecule has 0 bridgehead atoms. The largest absolute Gasteiger partial charge is 0.494 e. The van der Waals surface area contributed by atoms with Crippen LogP contribution in [-0.4, -0.2) is 48.3 Å². The van der Waals surface area contributed by atoms with E-state index in [0.717, 1.165) is 11.3 Å². The lowest BCUT2D eigenvalue weighted by Crippen LogP contribution is -2.41. The lowest BCUT2D eigenvalue weighted by molar-refractivity contribution is -0.122. The first-order valence-corrected chi connectivity index (χ1v) is 7.19. The molecule has 0 fully saturated rings. The SMILES string of the molecule is CCOc1cccc(CNC(=O)CN(C)CC(C)(C)O)c1. The zero-order valence-electron chi connectivity index (χ0n) is 13.3. The Hall–Kier alpha value is -1.59. The molecule has 1 amide bonds. The van der Waals surface area contributed by atoms with Crippen molar-refractivity contribution in [1.82, 2.24) is 10.2 Å². The highest BCUT2D eigenvalue weighted by Gasteiger charge is 2.17. The van der Waals surface area contributed by atoms with E-state index in [0.29, 0.717) is 19.7 Å². The average molecular weight is 294 g/mol. The van der Waals surface area contributed by atoms with E-state index in [9.17, 15) is 9.90 Å². The minimum absolute atomic E-state index is 0.0661. The van der Waals surface area contributed by atoms with Crippen molar-refractivity contribution in [3.8, 4) is 5.75 Å². The fourth-order valence-corrected chi connectivity index (χ4v) is 2.13. The van der Waals surface area contributed by atoms with Gasteiger partial charge in [-0.1, -0.05) is 12.1 Å². The molecule has 5 heteroatoms. The van der Waals surface area contributed by atoms with Crippen LogP contribution in [0.4, 0.5) is 0 Å². The summed E-state index contributed by atoms with van der Waals surface area (Å²) in [6.07, 6.45) is 0. The maximum Gasteiger partial charge on any atom is 0.234 e. The number of aliphatic hydroxyl groups is 1. The van der Waals surface area contributed by atoms with Gasteiger partial charge in [-0.25, -0.2) is 0 Å². The van der Waals surface area contributed by atoms with Crippen molar-refractivity contribution in [2.45, 2.75) is 32.9 Å². The third kappa shape index (κ3) is 7.68. The first kappa shape index (κ1) is 17.5. The van der Waals surface area contributed by atoms with Crippen LogP contribution in [0.1, 0.15) is 26.3 Å². The van der Waals surface area contributed by atoms with Gasteiger partial charge in [0.25, 0.3) is 0 Å². The Labute approximate surface area is 126 Å². The van der Waals surface area contributed by atoms with E-state index in [2.05, 4.69) is 5.32 Å². The average Bonchev–Trinajstić information content (AvgIpc) is 2.35. The fourth-order valence-electron chi connectivity index (χ4n) is 2.13. The number of carbonyl (C=O) groups is 1. The molecule has 21 heavy (non-hydrogen) atoms. The second-order valence-corrected chi connectivity index (χ2v) is 5.84. The number of benzene rings is 1. The van der Waals surface area contributed by atoms with E-state index >= 15 is 0 Å². The minimum atomic E-state index is -0.805. The van der Waals surface area contributed by atoms with Crippen LogP contribution in [0.25, 0.3) is 0 Å². The van der Waals surface area contributed by atoms with Gasteiger partial charge in [-0.15, -0.1) is 0 Å². The van der Waals surface area contributed by atoms with Crippen molar-refractivity contribution in [3.05, 3.63) is 29.8 Å². The number of hydrogen-bond donors (Lipinski definition) is 2. The summed E-state index contributed by atoms with van der Waals surface area (Å²) in [7, 11) is 1.81. The van der Waals surface area contributed by atoms with E-state index < -0.39 is 5.60 Å². The van der Waals surface area contributed by atoms with E-state index in [1.54, 1.807) is 18.7 Å². The summed E-state index contributed by atoms with van der Waals surface area (Å²) in [6.45, 7) is 7.18. The molecule has 0 aliphatic heterocycles. The third-order valence-corrected chi connectivity index (χ3v) is 2.77. The first-order chi connectivity index (χ1) is 9.80. The number of amides is 1. The number of rotatable bonds is 8. The maximum absolute atomic E-state index is 11.9. The fraction of sp³-hybridized carbons (Fsp3) is 0.562. The van der Waals surface area contributed by atoms with Crippen molar-refractivity contribution >= 4 is 5.91 Å². The molecule has 5 nitrogen and oxygen atoms in total. The molecule has 0 saturated carbocycles. The zero-order chi connectivity index (χ0) is 15.9. The standard InChI is InChI=1S/C16H26N2O3/c1-5-21-14-8-6-7-13(9-14)10-17-15(19)11-18(4)12-16(2,3)20/h6-9,20H,5,10-12H2,1-4H3,(H,17,19). The van der Waals surface area contributed by atoms with Crippen molar-refractivity contribution < 1.29 is 14.6 Å². The number of hydrogen-bond acceptors (Lipinski definition) is 4. The Morgan fingerprint density at radius 2 is 2.14 bits per heavy atom. The van der Waals surface area contributed by atoms with Gasteiger partial charge in [0.1, 0.15) is 5.75 Å². The molecule has 118 valence electrons. The zero-order valence-corrected chi connectivity index (χ0v) is 13.3. The molecular weight excluding hydrogens is 268 g/mol. The Morgan fingerprint density at radius 3 is 2.76 bits per heavy atom. The third-order valence-electron chi connectivity index (χ3n) is 2.77. The Balaban J connectivity index is 2.40. The predicted molar refractivity (Wildman–Crippen MR) is 83.3 cm³/mol. The maximum atomic E-state index is 11.9. The second-order valence-electron chi connectivity index (χ2n) is 5.84. The predicted octanol–water partition coefficient (Wildman–Crippen LogP) is 1.40. The summed E-state index contributed by atoms with van der Waals surface area (Å²) in [5, 5.41) is 12.6. The van der Waals surface area contributed by atoms with Crippen LogP contribution in [0.15, 0.2) is 24.3 Å². The molecule has 0 aromatic heterocycles. The quantitative estimate of drug-likeness (QED) is 0.761. The Morgan fingerprint density at radius 1 is 1.43 bits per heavy atom. The number of likely N-dealkylation sites (N-methyl/N-ethyl adjacent to an activating group) is 1. The summed E-state index contributed by atoms with van der Waals surface area (Å²) in [6, 6.07) is 7.67. The molecule has 0 spiro atoms. The van der Waals surface area contributed by atoms with Crippen LogP contribution in [0.5, 0.6) is 5.75 Å². The van der Waals surface area contributed by atoms with Gasteiger partial charge in [0.05, 0.1) is 18.8 Å². The number of nitrogens with zero attached hydrogens (tertiary/aromatic N) is 1. The van der Waals surface area contributed by atoms with Crippen molar-refractivity contribution in [2.75, 3.05) is 26.7 Å². The molecule has 0 unspecified atom stereocenters. The highest BCUT2D eigenvalue weighted by Crippen LogP contribution is 2.13. The van der Waals surface area contributed by atoms with Crippen LogP contribution in [0.3, 0.4) is 0 Å². The molecule has 0 saturated heterocycles. The van der Waals surface area contributed by atoms with Gasteiger partial charge in [-0.2, -0.15) is 0 Å². The Bertz CT molecular complexity index is 455. The molecule has 0 aliphatic rings. The first-order valence-electron chi connectivity index (χ1n) is 7.19. The van der Waals surface area contributed by atoms with Crippen LogP contribution in [0, 0.1) is 0 Å². The van der Waals surface area contributed by atoms with Crippen LogP contribution in [-0.2, 0) is 11.3 Å².